The maximum absolute atomic E-state index is 6.16. The highest BCUT2D eigenvalue weighted by atomic mass is 79.9. The van der Waals surface area contributed by atoms with Crippen molar-refractivity contribution in [1.82, 2.24) is 9.97 Å². The van der Waals surface area contributed by atoms with Gasteiger partial charge in [-0.2, -0.15) is 0 Å². The van der Waals surface area contributed by atoms with Crippen molar-refractivity contribution in [2.75, 3.05) is 6.61 Å². The Bertz CT molecular complexity index is 422. The highest BCUT2D eigenvalue weighted by Gasteiger charge is 2.26. The Labute approximate surface area is 122 Å². The minimum atomic E-state index is -0.523. The van der Waals surface area contributed by atoms with E-state index in [9.17, 15) is 0 Å². The molecule has 1 aromatic rings. The van der Waals surface area contributed by atoms with Crippen LogP contribution in [0.5, 0.6) is 0 Å². The van der Waals surface area contributed by atoms with E-state index in [1.807, 2.05) is 20.8 Å². The van der Waals surface area contributed by atoms with Gasteiger partial charge in [-0.1, -0.05) is 25.4 Å². The highest BCUT2D eigenvalue weighted by Crippen LogP contribution is 2.29. The average Bonchev–Trinajstić information content (AvgIpc) is 2.23. The van der Waals surface area contributed by atoms with Crippen molar-refractivity contribution in [2.24, 2.45) is 5.92 Å². The van der Waals surface area contributed by atoms with Gasteiger partial charge in [-0.25, -0.2) is 9.97 Å². The fourth-order valence-electron chi connectivity index (χ4n) is 1.68. The Morgan fingerprint density at radius 1 is 1.33 bits per heavy atom. The average molecular weight is 336 g/mol. The zero-order valence-electron chi connectivity index (χ0n) is 11.6. The van der Waals surface area contributed by atoms with Crippen molar-refractivity contribution in [3.8, 4) is 0 Å². The van der Waals surface area contributed by atoms with Gasteiger partial charge in [-0.05, 0) is 49.0 Å². The van der Waals surface area contributed by atoms with Crippen LogP contribution in [0.2, 0.25) is 5.15 Å². The summed E-state index contributed by atoms with van der Waals surface area (Å²) in [5, 5.41) is 0.448. The van der Waals surface area contributed by atoms with Crippen molar-refractivity contribution in [1.29, 1.82) is 0 Å². The summed E-state index contributed by atoms with van der Waals surface area (Å²) >= 11 is 9.61. The predicted octanol–water partition coefficient (Wildman–Crippen LogP) is 4.36. The van der Waals surface area contributed by atoms with Crippen molar-refractivity contribution in [2.45, 2.75) is 46.6 Å². The van der Waals surface area contributed by atoms with E-state index in [1.165, 1.54) is 0 Å². The van der Waals surface area contributed by atoms with E-state index in [0.717, 1.165) is 16.6 Å². The van der Waals surface area contributed by atoms with Crippen LogP contribution in [-0.2, 0) is 16.8 Å². The van der Waals surface area contributed by atoms with Gasteiger partial charge in [0.05, 0.1) is 10.2 Å². The zero-order valence-corrected chi connectivity index (χ0v) is 13.9. The molecule has 0 unspecified atom stereocenters. The van der Waals surface area contributed by atoms with E-state index in [2.05, 4.69) is 39.7 Å². The molecule has 3 nitrogen and oxygen atoms in total. The molecular weight excluding hydrogens is 316 g/mol. The number of halogens is 2. The SMILES string of the molecule is CCOC(C)(C)c1nc(Cl)c(Br)c(CC(C)C)n1. The molecule has 0 aliphatic rings. The minimum Gasteiger partial charge on any atom is -0.368 e. The van der Waals surface area contributed by atoms with E-state index in [1.54, 1.807) is 0 Å². The van der Waals surface area contributed by atoms with Crippen LogP contribution in [0.3, 0.4) is 0 Å². The van der Waals surface area contributed by atoms with Crippen molar-refractivity contribution in [3.05, 3.63) is 21.1 Å². The first-order valence-corrected chi connectivity index (χ1v) is 7.31. The number of ether oxygens (including phenoxy) is 1. The first-order valence-electron chi connectivity index (χ1n) is 6.14. The summed E-state index contributed by atoms with van der Waals surface area (Å²) in [7, 11) is 0. The van der Waals surface area contributed by atoms with Gasteiger partial charge in [0.25, 0.3) is 0 Å². The van der Waals surface area contributed by atoms with Crippen LogP contribution in [-0.4, -0.2) is 16.6 Å². The molecule has 0 fully saturated rings. The lowest BCUT2D eigenvalue weighted by molar-refractivity contribution is -0.0210. The van der Waals surface area contributed by atoms with E-state index < -0.39 is 5.60 Å². The summed E-state index contributed by atoms with van der Waals surface area (Å²) in [6, 6.07) is 0. The van der Waals surface area contributed by atoms with Gasteiger partial charge in [0.2, 0.25) is 0 Å². The van der Waals surface area contributed by atoms with Crippen molar-refractivity contribution in [3.63, 3.8) is 0 Å². The number of rotatable bonds is 5. The molecule has 1 aromatic heterocycles. The third-order valence-corrected chi connectivity index (χ3v) is 3.86. The van der Waals surface area contributed by atoms with Gasteiger partial charge >= 0.3 is 0 Å². The normalized spacial score (nSPS) is 12.2. The van der Waals surface area contributed by atoms with E-state index in [-0.39, 0.29) is 0 Å². The molecule has 0 spiro atoms. The third kappa shape index (κ3) is 3.90. The zero-order chi connectivity index (χ0) is 13.9. The first-order chi connectivity index (χ1) is 8.27. The lowest BCUT2D eigenvalue weighted by atomic mass is 10.1. The van der Waals surface area contributed by atoms with Crippen LogP contribution in [0.25, 0.3) is 0 Å². The molecule has 0 atom stereocenters. The van der Waals surface area contributed by atoms with Gasteiger partial charge in [-0.3, -0.25) is 0 Å². The summed E-state index contributed by atoms with van der Waals surface area (Å²) in [5.74, 6) is 1.14. The number of aromatic nitrogens is 2. The monoisotopic (exact) mass is 334 g/mol. The number of nitrogens with zero attached hydrogens (tertiary/aromatic N) is 2. The van der Waals surface area contributed by atoms with E-state index in [4.69, 9.17) is 16.3 Å². The molecule has 0 N–H and O–H groups in total. The molecule has 0 aliphatic heterocycles. The molecule has 0 saturated heterocycles. The second-order valence-electron chi connectivity index (χ2n) is 5.14. The van der Waals surface area contributed by atoms with Gasteiger partial charge in [0.1, 0.15) is 10.8 Å². The molecule has 0 saturated carbocycles. The van der Waals surface area contributed by atoms with Crippen LogP contribution < -0.4 is 0 Å². The van der Waals surface area contributed by atoms with E-state index in [0.29, 0.717) is 23.5 Å². The molecule has 18 heavy (non-hydrogen) atoms. The van der Waals surface area contributed by atoms with Crippen LogP contribution in [0.4, 0.5) is 0 Å². The second-order valence-corrected chi connectivity index (χ2v) is 6.29. The Morgan fingerprint density at radius 3 is 2.44 bits per heavy atom. The smallest absolute Gasteiger partial charge is 0.161 e. The molecule has 1 heterocycles. The third-order valence-electron chi connectivity index (χ3n) is 2.52. The lowest BCUT2D eigenvalue weighted by Crippen LogP contribution is -2.25. The summed E-state index contributed by atoms with van der Waals surface area (Å²) in [5.41, 5.74) is 0.415. The highest BCUT2D eigenvalue weighted by molar-refractivity contribution is 9.10. The minimum absolute atomic E-state index is 0.448. The van der Waals surface area contributed by atoms with Gasteiger partial charge in [-0.15, -0.1) is 0 Å². The van der Waals surface area contributed by atoms with Gasteiger partial charge < -0.3 is 4.74 Å². The number of hydrogen-bond acceptors (Lipinski definition) is 3. The fourth-order valence-corrected chi connectivity index (χ4v) is 2.21. The summed E-state index contributed by atoms with van der Waals surface area (Å²) < 4.78 is 6.46. The molecule has 0 bridgehead atoms. The maximum Gasteiger partial charge on any atom is 0.161 e. The van der Waals surface area contributed by atoms with Crippen LogP contribution in [0.15, 0.2) is 4.47 Å². The van der Waals surface area contributed by atoms with Gasteiger partial charge in [0.15, 0.2) is 5.82 Å². The predicted molar refractivity (Wildman–Crippen MR) is 77.9 cm³/mol. The Kier molecular flexibility index (Phi) is 5.56. The summed E-state index contributed by atoms with van der Waals surface area (Å²) in [6.45, 7) is 10.8. The quantitative estimate of drug-likeness (QED) is 0.750. The van der Waals surface area contributed by atoms with E-state index >= 15 is 0 Å². The van der Waals surface area contributed by atoms with Crippen LogP contribution >= 0.6 is 27.5 Å². The molecule has 0 amide bonds. The molecule has 0 aromatic carbocycles. The molecular formula is C13H20BrClN2O. The standard InChI is InChI=1S/C13H20BrClN2O/c1-6-18-13(4,5)12-16-9(7-8(2)3)10(14)11(15)17-12/h8H,6-7H2,1-5H3. The van der Waals surface area contributed by atoms with Gasteiger partial charge in [0, 0.05) is 6.61 Å². The Hall–Kier alpha value is -0.190. The van der Waals surface area contributed by atoms with Crippen molar-refractivity contribution >= 4 is 27.5 Å². The van der Waals surface area contributed by atoms with Crippen LogP contribution in [0, 0.1) is 5.92 Å². The summed E-state index contributed by atoms with van der Waals surface area (Å²) in [4.78, 5) is 8.91. The molecule has 102 valence electrons. The molecule has 1 rings (SSSR count). The summed E-state index contributed by atoms with van der Waals surface area (Å²) in [6.07, 6.45) is 0.859. The topological polar surface area (TPSA) is 35.0 Å². The number of hydrogen-bond donors (Lipinski definition) is 0. The maximum atomic E-state index is 6.16. The Morgan fingerprint density at radius 2 is 1.94 bits per heavy atom. The lowest BCUT2D eigenvalue weighted by Gasteiger charge is -2.24. The first kappa shape index (κ1) is 15.9. The molecule has 0 radical (unpaired) electrons. The van der Waals surface area contributed by atoms with Crippen molar-refractivity contribution < 1.29 is 4.74 Å². The van der Waals surface area contributed by atoms with Crippen LogP contribution in [0.1, 0.15) is 46.1 Å². The largest absolute Gasteiger partial charge is 0.368 e. The fraction of sp³-hybridized carbons (Fsp3) is 0.692. The molecule has 5 heteroatoms. The molecule has 0 aliphatic carbocycles. The second kappa shape index (κ2) is 6.31. The Balaban J connectivity index is 3.19.